The highest BCUT2D eigenvalue weighted by molar-refractivity contribution is 4.86. The van der Waals surface area contributed by atoms with E-state index in [1.165, 1.54) is 51.4 Å². The van der Waals surface area contributed by atoms with Gasteiger partial charge in [-0.1, -0.05) is 32.1 Å². The van der Waals surface area contributed by atoms with Gasteiger partial charge in [-0.15, -0.1) is 0 Å². The summed E-state index contributed by atoms with van der Waals surface area (Å²) in [7, 11) is 0. The molecule has 78 valence electrons. The van der Waals surface area contributed by atoms with Crippen molar-refractivity contribution in [1.82, 2.24) is 0 Å². The Morgan fingerprint density at radius 1 is 0.923 bits per heavy atom. The van der Waals surface area contributed by atoms with Crippen molar-refractivity contribution in [2.24, 2.45) is 11.5 Å². The minimum atomic E-state index is 0.187. The van der Waals surface area contributed by atoms with E-state index >= 15 is 0 Å². The molecule has 0 spiro atoms. The van der Waals surface area contributed by atoms with Gasteiger partial charge in [0.2, 0.25) is 0 Å². The molecule has 0 radical (unpaired) electrons. The zero-order chi connectivity index (χ0) is 9.57. The van der Waals surface area contributed by atoms with Crippen LogP contribution in [0.3, 0.4) is 0 Å². The van der Waals surface area contributed by atoms with Crippen LogP contribution in [0.2, 0.25) is 0 Å². The van der Waals surface area contributed by atoms with Crippen LogP contribution >= 0.6 is 0 Å². The predicted octanol–water partition coefficient (Wildman–Crippen LogP) is 2.17. The maximum atomic E-state index is 6.31. The third-order valence-electron chi connectivity index (χ3n) is 3.23. The molecule has 0 atom stereocenters. The number of hydrogen-bond acceptors (Lipinski definition) is 2. The van der Waals surface area contributed by atoms with Gasteiger partial charge < -0.3 is 11.5 Å². The molecule has 0 aromatic rings. The van der Waals surface area contributed by atoms with Crippen molar-refractivity contribution in [2.75, 3.05) is 6.54 Å². The van der Waals surface area contributed by atoms with Gasteiger partial charge in [0.15, 0.2) is 0 Å². The summed E-state index contributed by atoms with van der Waals surface area (Å²) in [5.41, 5.74) is 11.9. The van der Waals surface area contributed by atoms with Crippen molar-refractivity contribution < 1.29 is 0 Å². The fourth-order valence-corrected chi connectivity index (χ4v) is 2.30. The Morgan fingerprint density at radius 2 is 1.62 bits per heavy atom. The molecule has 2 nitrogen and oxygen atoms in total. The zero-order valence-corrected chi connectivity index (χ0v) is 8.73. The Morgan fingerprint density at radius 3 is 2.23 bits per heavy atom. The zero-order valence-electron chi connectivity index (χ0n) is 8.73. The molecule has 1 aliphatic carbocycles. The normalized spacial score (nSPS) is 21.7. The molecule has 1 fully saturated rings. The molecule has 1 aliphatic rings. The molecule has 0 aromatic carbocycles. The van der Waals surface area contributed by atoms with Crippen molar-refractivity contribution in [2.45, 2.75) is 63.3 Å². The number of hydrogen-bond donors (Lipinski definition) is 2. The molecule has 0 saturated heterocycles. The van der Waals surface area contributed by atoms with E-state index in [0.717, 1.165) is 13.0 Å². The minimum Gasteiger partial charge on any atom is -0.330 e. The highest BCUT2D eigenvalue weighted by Crippen LogP contribution is 2.30. The third-order valence-corrected chi connectivity index (χ3v) is 3.23. The summed E-state index contributed by atoms with van der Waals surface area (Å²) >= 11 is 0. The Balaban J connectivity index is 2.10. The molecule has 0 aliphatic heterocycles. The monoisotopic (exact) mass is 184 g/mol. The Labute approximate surface area is 82.1 Å². The quantitative estimate of drug-likeness (QED) is 0.643. The highest BCUT2D eigenvalue weighted by Gasteiger charge is 2.26. The summed E-state index contributed by atoms with van der Waals surface area (Å²) in [6.07, 6.45) is 11.5. The maximum absolute atomic E-state index is 6.31. The van der Waals surface area contributed by atoms with Crippen molar-refractivity contribution >= 4 is 0 Å². The molecule has 0 heterocycles. The van der Waals surface area contributed by atoms with Crippen molar-refractivity contribution in [3.63, 3.8) is 0 Å². The van der Waals surface area contributed by atoms with Crippen molar-refractivity contribution in [3.8, 4) is 0 Å². The van der Waals surface area contributed by atoms with E-state index in [0.29, 0.717) is 0 Å². The number of nitrogens with two attached hydrogens (primary N) is 2. The van der Waals surface area contributed by atoms with E-state index < -0.39 is 0 Å². The lowest BCUT2D eigenvalue weighted by Gasteiger charge is -2.33. The molecule has 0 unspecified atom stereocenters. The van der Waals surface area contributed by atoms with E-state index in [1.807, 2.05) is 0 Å². The maximum Gasteiger partial charge on any atom is 0.0154 e. The summed E-state index contributed by atoms with van der Waals surface area (Å²) in [5.74, 6) is 0. The Bertz CT molecular complexity index is 128. The van der Waals surface area contributed by atoms with Crippen molar-refractivity contribution in [3.05, 3.63) is 0 Å². The first-order valence-electron chi connectivity index (χ1n) is 5.76. The predicted molar refractivity (Wildman–Crippen MR) is 57.5 cm³/mol. The van der Waals surface area contributed by atoms with Gasteiger partial charge in [-0.2, -0.15) is 0 Å². The standard InChI is InChI=1S/C11H24N2/c12-10-6-2-5-9-11(13)7-3-1-4-8-11/h1-10,12-13H2. The van der Waals surface area contributed by atoms with Crippen LogP contribution in [-0.2, 0) is 0 Å². The van der Waals surface area contributed by atoms with Gasteiger partial charge in [0.05, 0.1) is 0 Å². The average Bonchev–Trinajstić information content (AvgIpc) is 2.14. The molecule has 0 aromatic heterocycles. The first-order valence-corrected chi connectivity index (χ1v) is 5.76. The first kappa shape index (κ1) is 11.0. The topological polar surface area (TPSA) is 52.0 Å². The second-order valence-corrected chi connectivity index (χ2v) is 4.52. The molecular weight excluding hydrogens is 160 g/mol. The van der Waals surface area contributed by atoms with E-state index in [4.69, 9.17) is 11.5 Å². The summed E-state index contributed by atoms with van der Waals surface area (Å²) in [6, 6.07) is 0. The molecule has 1 rings (SSSR count). The molecule has 1 saturated carbocycles. The Hall–Kier alpha value is -0.0800. The van der Waals surface area contributed by atoms with E-state index in [-0.39, 0.29) is 5.54 Å². The minimum absolute atomic E-state index is 0.187. The smallest absolute Gasteiger partial charge is 0.0154 e. The summed E-state index contributed by atoms with van der Waals surface area (Å²) in [6.45, 7) is 0.831. The molecular formula is C11H24N2. The molecule has 0 bridgehead atoms. The van der Waals surface area contributed by atoms with Gasteiger partial charge >= 0.3 is 0 Å². The number of rotatable bonds is 5. The second kappa shape index (κ2) is 5.61. The highest BCUT2D eigenvalue weighted by atomic mass is 14.7. The summed E-state index contributed by atoms with van der Waals surface area (Å²) < 4.78 is 0. The average molecular weight is 184 g/mol. The SMILES string of the molecule is NCCCCCC1(N)CCCCC1. The molecule has 2 heteroatoms. The molecule has 4 N–H and O–H groups in total. The molecule has 0 amide bonds. The lowest BCUT2D eigenvalue weighted by atomic mass is 9.79. The van der Waals surface area contributed by atoms with Gasteiger partial charge in [-0.05, 0) is 32.2 Å². The fraction of sp³-hybridized carbons (Fsp3) is 1.00. The van der Waals surface area contributed by atoms with Crippen LogP contribution in [0.4, 0.5) is 0 Å². The fourth-order valence-electron chi connectivity index (χ4n) is 2.30. The van der Waals surface area contributed by atoms with E-state index in [2.05, 4.69) is 0 Å². The second-order valence-electron chi connectivity index (χ2n) is 4.52. The van der Waals surface area contributed by atoms with Crippen LogP contribution < -0.4 is 11.5 Å². The lowest BCUT2D eigenvalue weighted by molar-refractivity contribution is 0.270. The third kappa shape index (κ3) is 4.10. The van der Waals surface area contributed by atoms with E-state index in [1.54, 1.807) is 0 Å². The van der Waals surface area contributed by atoms with Crippen LogP contribution in [0.1, 0.15) is 57.8 Å². The van der Waals surface area contributed by atoms with Crippen LogP contribution in [0.5, 0.6) is 0 Å². The number of unbranched alkanes of at least 4 members (excludes halogenated alkanes) is 2. The van der Waals surface area contributed by atoms with Gasteiger partial charge in [0.25, 0.3) is 0 Å². The lowest BCUT2D eigenvalue weighted by Crippen LogP contribution is -2.41. The van der Waals surface area contributed by atoms with Crippen LogP contribution in [0, 0.1) is 0 Å². The largest absolute Gasteiger partial charge is 0.330 e. The summed E-state index contributed by atoms with van der Waals surface area (Å²) in [5, 5.41) is 0. The van der Waals surface area contributed by atoms with Gasteiger partial charge in [0, 0.05) is 5.54 Å². The Kier molecular flexibility index (Phi) is 4.74. The van der Waals surface area contributed by atoms with E-state index in [9.17, 15) is 0 Å². The van der Waals surface area contributed by atoms with Gasteiger partial charge in [-0.3, -0.25) is 0 Å². The van der Waals surface area contributed by atoms with Crippen LogP contribution in [0.25, 0.3) is 0 Å². The van der Waals surface area contributed by atoms with Gasteiger partial charge in [-0.25, -0.2) is 0 Å². The van der Waals surface area contributed by atoms with Crippen LogP contribution in [0.15, 0.2) is 0 Å². The van der Waals surface area contributed by atoms with Gasteiger partial charge in [0.1, 0.15) is 0 Å². The van der Waals surface area contributed by atoms with Crippen LogP contribution in [-0.4, -0.2) is 12.1 Å². The molecule has 13 heavy (non-hydrogen) atoms. The van der Waals surface area contributed by atoms with Crippen molar-refractivity contribution in [1.29, 1.82) is 0 Å². The summed E-state index contributed by atoms with van der Waals surface area (Å²) in [4.78, 5) is 0. The first-order chi connectivity index (χ1) is 6.27.